The number of hydrogen-bond donors (Lipinski definition) is 0. The lowest BCUT2D eigenvalue weighted by Crippen LogP contribution is -2.33. The number of amides is 3. The molecule has 0 N–H and O–H groups in total. The Morgan fingerprint density at radius 2 is 1.81 bits per heavy atom. The van der Waals surface area contributed by atoms with Gasteiger partial charge >= 0.3 is 6.03 Å². The van der Waals surface area contributed by atoms with E-state index in [1.165, 1.54) is 7.11 Å². The van der Waals surface area contributed by atoms with Gasteiger partial charge in [0.25, 0.3) is 5.91 Å². The standard InChI is InChI=1S/C21H16F3N3O4/c1-30-12-3-4-13-11(5-6-25-15(13)7-12)9-26-10-17(28)27(21(26)29)16-8-14(22)20(31-2)19(24)18(16)23/h3-8H,9-10H2,1-2H3. The van der Waals surface area contributed by atoms with E-state index in [2.05, 4.69) is 9.72 Å². The number of urea groups is 1. The molecule has 31 heavy (non-hydrogen) atoms. The van der Waals surface area contributed by atoms with Crippen molar-refractivity contribution >= 4 is 28.5 Å². The molecule has 0 unspecified atom stereocenters. The highest BCUT2D eigenvalue weighted by Crippen LogP contribution is 2.34. The molecular formula is C21H16F3N3O4. The molecule has 0 bridgehead atoms. The highest BCUT2D eigenvalue weighted by atomic mass is 19.2. The van der Waals surface area contributed by atoms with Crippen LogP contribution in [0.15, 0.2) is 36.5 Å². The van der Waals surface area contributed by atoms with E-state index in [4.69, 9.17) is 4.74 Å². The number of carbonyl (C=O) groups is 2. The molecule has 10 heteroatoms. The molecule has 1 saturated heterocycles. The maximum absolute atomic E-state index is 14.5. The van der Waals surface area contributed by atoms with E-state index in [9.17, 15) is 22.8 Å². The number of nitrogens with zero attached hydrogens (tertiary/aromatic N) is 3. The van der Waals surface area contributed by atoms with E-state index in [0.717, 1.165) is 17.4 Å². The molecule has 160 valence electrons. The summed E-state index contributed by atoms with van der Waals surface area (Å²) in [5.41, 5.74) is 0.498. The average molecular weight is 431 g/mol. The number of imide groups is 1. The monoisotopic (exact) mass is 431 g/mol. The zero-order valence-electron chi connectivity index (χ0n) is 16.5. The van der Waals surface area contributed by atoms with Crippen LogP contribution >= 0.6 is 0 Å². The van der Waals surface area contributed by atoms with Gasteiger partial charge in [-0.1, -0.05) is 0 Å². The zero-order valence-corrected chi connectivity index (χ0v) is 16.5. The summed E-state index contributed by atoms with van der Waals surface area (Å²) in [6, 6.07) is 6.57. The van der Waals surface area contributed by atoms with Gasteiger partial charge in [0.1, 0.15) is 12.3 Å². The molecule has 4 rings (SSSR count). The smallest absolute Gasteiger partial charge is 0.332 e. The van der Waals surface area contributed by atoms with Gasteiger partial charge in [-0.05, 0) is 23.8 Å². The average Bonchev–Trinajstić information content (AvgIpc) is 3.03. The van der Waals surface area contributed by atoms with Crippen molar-refractivity contribution < 1.29 is 32.2 Å². The maximum atomic E-state index is 14.5. The lowest BCUT2D eigenvalue weighted by molar-refractivity contribution is -0.116. The van der Waals surface area contributed by atoms with Gasteiger partial charge in [0.2, 0.25) is 5.82 Å². The third-order valence-electron chi connectivity index (χ3n) is 4.98. The quantitative estimate of drug-likeness (QED) is 0.456. The summed E-state index contributed by atoms with van der Waals surface area (Å²) in [5.74, 6) is -5.54. The third-order valence-corrected chi connectivity index (χ3v) is 4.98. The second kappa shape index (κ2) is 7.78. The molecule has 1 aliphatic rings. The topological polar surface area (TPSA) is 72.0 Å². The highest BCUT2D eigenvalue weighted by Gasteiger charge is 2.40. The minimum atomic E-state index is -1.62. The van der Waals surface area contributed by atoms with Crippen molar-refractivity contribution in [1.29, 1.82) is 0 Å². The molecule has 3 amide bonds. The normalized spacial score (nSPS) is 14.0. The number of aromatic nitrogens is 1. The summed E-state index contributed by atoms with van der Waals surface area (Å²) >= 11 is 0. The molecule has 0 spiro atoms. The van der Waals surface area contributed by atoms with Crippen molar-refractivity contribution in [1.82, 2.24) is 9.88 Å². The fourth-order valence-electron chi connectivity index (χ4n) is 3.48. The summed E-state index contributed by atoms with van der Waals surface area (Å²) in [4.78, 5) is 31.1. The van der Waals surface area contributed by atoms with Crippen LogP contribution in [0.1, 0.15) is 5.56 Å². The molecule has 2 heterocycles. The SMILES string of the molecule is COc1ccc2c(CN3CC(=O)N(c4cc(F)c(OC)c(F)c4F)C3=O)ccnc2c1. The van der Waals surface area contributed by atoms with Crippen LogP contribution in [0.25, 0.3) is 10.9 Å². The second-order valence-electron chi connectivity index (χ2n) is 6.76. The Labute approximate surface area is 174 Å². The molecular weight excluding hydrogens is 415 g/mol. The molecule has 0 radical (unpaired) electrons. The Bertz CT molecular complexity index is 1220. The number of ether oxygens (including phenoxy) is 2. The molecule has 0 aliphatic carbocycles. The summed E-state index contributed by atoms with van der Waals surface area (Å²) in [6.45, 7) is -0.372. The summed E-state index contributed by atoms with van der Waals surface area (Å²) < 4.78 is 52.3. The van der Waals surface area contributed by atoms with Crippen LogP contribution in [0.4, 0.5) is 23.7 Å². The predicted molar refractivity (Wildman–Crippen MR) is 104 cm³/mol. The number of anilines is 1. The van der Waals surface area contributed by atoms with Crippen LogP contribution in [-0.4, -0.2) is 42.6 Å². The van der Waals surface area contributed by atoms with Crippen molar-refractivity contribution in [3.63, 3.8) is 0 Å². The van der Waals surface area contributed by atoms with Crippen molar-refractivity contribution in [2.75, 3.05) is 25.7 Å². The molecule has 1 aliphatic heterocycles. The zero-order chi connectivity index (χ0) is 22.3. The van der Waals surface area contributed by atoms with Crippen LogP contribution in [-0.2, 0) is 11.3 Å². The first-order valence-corrected chi connectivity index (χ1v) is 9.10. The van der Waals surface area contributed by atoms with Gasteiger partial charge in [0.15, 0.2) is 17.4 Å². The molecule has 2 aromatic carbocycles. The van der Waals surface area contributed by atoms with Crippen LogP contribution in [0.3, 0.4) is 0 Å². The molecule has 7 nitrogen and oxygen atoms in total. The van der Waals surface area contributed by atoms with Gasteiger partial charge in [-0.15, -0.1) is 0 Å². The maximum Gasteiger partial charge on any atom is 0.332 e. The lowest BCUT2D eigenvalue weighted by Gasteiger charge is -2.19. The van der Waals surface area contributed by atoms with E-state index in [-0.39, 0.29) is 13.1 Å². The van der Waals surface area contributed by atoms with E-state index >= 15 is 0 Å². The van der Waals surface area contributed by atoms with Gasteiger partial charge in [-0.3, -0.25) is 9.78 Å². The van der Waals surface area contributed by atoms with Crippen LogP contribution in [0, 0.1) is 17.5 Å². The first kappa shape index (κ1) is 20.5. The van der Waals surface area contributed by atoms with Crippen LogP contribution in [0.5, 0.6) is 11.5 Å². The summed E-state index contributed by atoms with van der Waals surface area (Å²) in [6.07, 6.45) is 1.55. The number of hydrogen-bond acceptors (Lipinski definition) is 5. The minimum Gasteiger partial charge on any atom is -0.497 e. The number of benzene rings is 2. The number of rotatable bonds is 5. The van der Waals surface area contributed by atoms with Gasteiger partial charge in [0.05, 0.1) is 25.4 Å². The van der Waals surface area contributed by atoms with E-state index in [1.54, 1.807) is 30.5 Å². The number of methoxy groups -OCH3 is 2. The van der Waals surface area contributed by atoms with Crippen LogP contribution < -0.4 is 14.4 Å². The Morgan fingerprint density at radius 3 is 2.52 bits per heavy atom. The van der Waals surface area contributed by atoms with E-state index in [0.29, 0.717) is 27.8 Å². The minimum absolute atomic E-state index is 0.00909. The van der Waals surface area contributed by atoms with Crippen molar-refractivity contribution in [2.24, 2.45) is 0 Å². The number of pyridine rings is 1. The predicted octanol–water partition coefficient (Wildman–Crippen LogP) is 3.64. The Kier molecular flexibility index (Phi) is 5.14. The largest absolute Gasteiger partial charge is 0.497 e. The third kappa shape index (κ3) is 3.39. The van der Waals surface area contributed by atoms with Crippen LogP contribution in [0.2, 0.25) is 0 Å². The Balaban J connectivity index is 1.67. The first-order valence-electron chi connectivity index (χ1n) is 9.10. The van der Waals surface area contributed by atoms with Crippen molar-refractivity contribution in [3.05, 3.63) is 59.5 Å². The number of carbonyl (C=O) groups excluding carboxylic acids is 2. The fourth-order valence-corrected chi connectivity index (χ4v) is 3.48. The van der Waals surface area contributed by atoms with Gasteiger partial charge in [0, 0.05) is 30.3 Å². The number of fused-ring (bicyclic) bond motifs is 1. The first-order chi connectivity index (χ1) is 14.8. The molecule has 1 fully saturated rings. The van der Waals surface area contributed by atoms with Crippen molar-refractivity contribution in [3.8, 4) is 11.5 Å². The van der Waals surface area contributed by atoms with Gasteiger partial charge in [-0.2, -0.15) is 4.39 Å². The number of halogens is 3. The van der Waals surface area contributed by atoms with Crippen molar-refractivity contribution in [2.45, 2.75) is 6.54 Å². The van der Waals surface area contributed by atoms with E-state index in [1.807, 2.05) is 0 Å². The Hall–Kier alpha value is -3.82. The molecule has 0 saturated carbocycles. The second-order valence-corrected chi connectivity index (χ2v) is 6.76. The molecule has 0 atom stereocenters. The molecule has 3 aromatic rings. The molecule has 1 aromatic heterocycles. The Morgan fingerprint density at radius 1 is 1.03 bits per heavy atom. The van der Waals surface area contributed by atoms with E-state index < -0.39 is 40.8 Å². The highest BCUT2D eigenvalue weighted by molar-refractivity contribution is 6.19. The summed E-state index contributed by atoms with van der Waals surface area (Å²) in [5, 5.41) is 0.731. The van der Waals surface area contributed by atoms with Gasteiger partial charge < -0.3 is 14.4 Å². The lowest BCUT2D eigenvalue weighted by atomic mass is 10.1. The summed E-state index contributed by atoms with van der Waals surface area (Å²) in [7, 11) is 2.50. The van der Waals surface area contributed by atoms with Gasteiger partial charge in [-0.25, -0.2) is 18.5 Å². The fraction of sp³-hybridized carbons (Fsp3) is 0.190.